The van der Waals surface area contributed by atoms with Gasteiger partial charge in [-0.1, -0.05) is 19.1 Å². The summed E-state index contributed by atoms with van der Waals surface area (Å²) in [6, 6.07) is 2.68. The van der Waals surface area contributed by atoms with Crippen LogP contribution in [-0.2, 0) is 31.7 Å². The number of halogens is 3. The minimum Gasteiger partial charge on any atom is -0.480 e. The summed E-state index contributed by atoms with van der Waals surface area (Å²) in [5.41, 5.74) is -0.536. The van der Waals surface area contributed by atoms with Crippen LogP contribution < -0.4 is 5.32 Å². The van der Waals surface area contributed by atoms with Crippen LogP contribution in [0.15, 0.2) is 24.3 Å². The highest BCUT2D eigenvalue weighted by atomic mass is 19.4. The zero-order valence-corrected chi connectivity index (χ0v) is 14.3. The van der Waals surface area contributed by atoms with E-state index in [1.165, 1.54) is 6.92 Å². The average molecular weight is 375 g/mol. The van der Waals surface area contributed by atoms with Gasteiger partial charge in [-0.05, 0) is 30.5 Å². The van der Waals surface area contributed by atoms with Crippen molar-refractivity contribution >= 4 is 17.8 Å². The van der Waals surface area contributed by atoms with Gasteiger partial charge in [0.25, 0.3) is 0 Å². The summed E-state index contributed by atoms with van der Waals surface area (Å²) in [4.78, 5) is 34.8. The fourth-order valence-electron chi connectivity index (χ4n) is 2.27. The Kier molecular flexibility index (Phi) is 7.60. The molecule has 144 valence electrons. The van der Waals surface area contributed by atoms with Gasteiger partial charge in [0.15, 0.2) is 0 Å². The molecule has 0 aliphatic carbocycles. The van der Waals surface area contributed by atoms with Crippen molar-refractivity contribution < 1.29 is 37.4 Å². The monoisotopic (exact) mass is 375 g/mol. The van der Waals surface area contributed by atoms with Crippen molar-refractivity contribution in [2.45, 2.75) is 38.9 Å². The Bertz CT molecular complexity index is 643. The molecular formula is C17H20F3NO5. The third-order valence-corrected chi connectivity index (χ3v) is 3.59. The van der Waals surface area contributed by atoms with E-state index in [0.29, 0.717) is 5.56 Å². The Labute approximate surface area is 148 Å². The van der Waals surface area contributed by atoms with Crippen LogP contribution in [0.2, 0.25) is 0 Å². The molecule has 1 rings (SSSR count). The van der Waals surface area contributed by atoms with Gasteiger partial charge in [-0.15, -0.1) is 0 Å². The molecule has 0 aliphatic heterocycles. The van der Waals surface area contributed by atoms with Gasteiger partial charge in [0.2, 0.25) is 5.91 Å². The van der Waals surface area contributed by atoms with Crippen molar-refractivity contribution in [3.63, 3.8) is 0 Å². The van der Waals surface area contributed by atoms with E-state index in [2.05, 4.69) is 5.32 Å². The lowest BCUT2D eigenvalue weighted by Crippen LogP contribution is -2.46. The van der Waals surface area contributed by atoms with Crippen LogP contribution in [0.5, 0.6) is 0 Å². The van der Waals surface area contributed by atoms with Gasteiger partial charge in [0, 0.05) is 0 Å². The summed E-state index contributed by atoms with van der Waals surface area (Å²) in [6.07, 6.45) is -4.95. The maximum atomic E-state index is 12.5. The number of esters is 1. The maximum absolute atomic E-state index is 12.5. The Morgan fingerprint density at radius 2 is 1.77 bits per heavy atom. The first-order valence-corrected chi connectivity index (χ1v) is 7.88. The molecule has 0 heterocycles. The highest BCUT2D eigenvalue weighted by Gasteiger charge is 2.30. The number of carbonyl (C=O) groups is 3. The van der Waals surface area contributed by atoms with Gasteiger partial charge >= 0.3 is 18.1 Å². The molecule has 1 amide bonds. The van der Waals surface area contributed by atoms with Crippen molar-refractivity contribution in [2.75, 3.05) is 6.61 Å². The molecule has 2 N–H and O–H groups in total. The van der Waals surface area contributed by atoms with E-state index in [9.17, 15) is 32.7 Å². The number of amides is 1. The van der Waals surface area contributed by atoms with E-state index in [0.717, 1.165) is 24.3 Å². The van der Waals surface area contributed by atoms with Gasteiger partial charge < -0.3 is 15.2 Å². The lowest BCUT2D eigenvalue weighted by atomic mass is 9.98. The summed E-state index contributed by atoms with van der Waals surface area (Å²) >= 11 is 0. The first-order valence-electron chi connectivity index (χ1n) is 7.88. The number of carboxylic acid groups (broad SMARTS) is 1. The molecule has 1 aromatic rings. The molecule has 0 radical (unpaired) electrons. The van der Waals surface area contributed by atoms with Gasteiger partial charge in [0.1, 0.15) is 6.04 Å². The van der Waals surface area contributed by atoms with Gasteiger partial charge in [-0.2, -0.15) is 13.2 Å². The summed E-state index contributed by atoms with van der Waals surface area (Å²) < 4.78 is 42.3. The Balaban J connectivity index is 2.70. The van der Waals surface area contributed by atoms with E-state index < -0.39 is 41.5 Å². The SMILES string of the molecule is CCOC(=O)C[C@H](C)[C@H](NC(=O)Cc1ccc(C(F)(F)F)cc1)C(=O)O. The maximum Gasteiger partial charge on any atom is 0.416 e. The Hall–Kier alpha value is -2.58. The second kappa shape index (κ2) is 9.21. The van der Waals surface area contributed by atoms with Crippen molar-refractivity contribution in [3.05, 3.63) is 35.4 Å². The second-order valence-electron chi connectivity index (χ2n) is 5.74. The number of carbonyl (C=O) groups excluding carboxylic acids is 2. The molecule has 0 fully saturated rings. The molecule has 0 saturated heterocycles. The highest BCUT2D eigenvalue weighted by molar-refractivity contribution is 5.85. The number of ether oxygens (including phenoxy) is 1. The number of alkyl halides is 3. The highest BCUT2D eigenvalue weighted by Crippen LogP contribution is 2.29. The van der Waals surface area contributed by atoms with Gasteiger partial charge in [0.05, 0.1) is 25.0 Å². The third kappa shape index (κ3) is 6.73. The van der Waals surface area contributed by atoms with Gasteiger partial charge in [-0.25, -0.2) is 4.79 Å². The standard InChI is InChI=1S/C17H20F3NO5/c1-3-26-14(23)8-10(2)15(16(24)25)21-13(22)9-11-4-6-12(7-5-11)17(18,19)20/h4-7,10,15H,3,8-9H2,1-2H3,(H,21,22)(H,24,25)/t10-,15-/m0/s1. The predicted octanol–water partition coefficient (Wildman–Crippen LogP) is 2.41. The lowest BCUT2D eigenvalue weighted by Gasteiger charge is -2.21. The molecule has 0 aromatic heterocycles. The third-order valence-electron chi connectivity index (χ3n) is 3.59. The fraction of sp³-hybridized carbons (Fsp3) is 0.471. The minimum atomic E-state index is -4.47. The van der Waals surface area contributed by atoms with Crippen molar-refractivity contribution in [1.29, 1.82) is 0 Å². The first-order chi connectivity index (χ1) is 12.0. The Morgan fingerprint density at radius 3 is 2.23 bits per heavy atom. The van der Waals surface area contributed by atoms with E-state index in [1.54, 1.807) is 6.92 Å². The van der Waals surface area contributed by atoms with Crippen LogP contribution >= 0.6 is 0 Å². The predicted molar refractivity (Wildman–Crippen MR) is 85.1 cm³/mol. The quantitative estimate of drug-likeness (QED) is 0.681. The van der Waals surface area contributed by atoms with Crippen molar-refractivity contribution in [2.24, 2.45) is 5.92 Å². The largest absolute Gasteiger partial charge is 0.480 e. The number of benzene rings is 1. The number of nitrogens with one attached hydrogen (secondary N) is 1. The van der Waals surface area contributed by atoms with Crippen LogP contribution in [0, 0.1) is 5.92 Å². The zero-order valence-electron chi connectivity index (χ0n) is 14.3. The minimum absolute atomic E-state index is 0.156. The summed E-state index contributed by atoms with van der Waals surface area (Å²) in [5.74, 6) is -3.29. The van der Waals surface area contributed by atoms with E-state index >= 15 is 0 Å². The molecular weight excluding hydrogens is 355 g/mol. The fourth-order valence-corrected chi connectivity index (χ4v) is 2.27. The van der Waals surface area contributed by atoms with E-state index in [4.69, 9.17) is 4.74 Å². The van der Waals surface area contributed by atoms with E-state index in [1.807, 2.05) is 0 Å². The molecule has 6 nitrogen and oxygen atoms in total. The molecule has 0 bridgehead atoms. The number of hydrogen-bond acceptors (Lipinski definition) is 4. The van der Waals surface area contributed by atoms with Crippen LogP contribution in [-0.4, -0.2) is 35.6 Å². The summed E-state index contributed by atoms with van der Waals surface area (Å²) in [7, 11) is 0. The van der Waals surface area contributed by atoms with Crippen LogP contribution in [0.3, 0.4) is 0 Å². The molecule has 2 atom stereocenters. The van der Waals surface area contributed by atoms with Crippen LogP contribution in [0.4, 0.5) is 13.2 Å². The molecule has 9 heteroatoms. The number of carboxylic acids is 1. The summed E-state index contributed by atoms with van der Waals surface area (Å²) in [5, 5.41) is 11.5. The van der Waals surface area contributed by atoms with Gasteiger partial charge in [-0.3, -0.25) is 9.59 Å². The molecule has 0 saturated carbocycles. The van der Waals surface area contributed by atoms with E-state index in [-0.39, 0.29) is 19.4 Å². The topological polar surface area (TPSA) is 92.7 Å². The molecule has 0 spiro atoms. The second-order valence-corrected chi connectivity index (χ2v) is 5.74. The number of hydrogen-bond donors (Lipinski definition) is 2. The van der Waals surface area contributed by atoms with Crippen molar-refractivity contribution in [1.82, 2.24) is 5.32 Å². The number of aliphatic carboxylic acids is 1. The first kappa shape index (κ1) is 21.5. The average Bonchev–Trinajstić information content (AvgIpc) is 2.52. The molecule has 1 aromatic carbocycles. The van der Waals surface area contributed by atoms with Crippen LogP contribution in [0.25, 0.3) is 0 Å². The summed E-state index contributed by atoms with van der Waals surface area (Å²) in [6.45, 7) is 3.25. The molecule has 0 aliphatic rings. The Morgan fingerprint density at radius 1 is 1.19 bits per heavy atom. The smallest absolute Gasteiger partial charge is 0.416 e. The lowest BCUT2D eigenvalue weighted by molar-refractivity contribution is -0.147. The molecule has 26 heavy (non-hydrogen) atoms. The zero-order chi connectivity index (χ0) is 19.9. The normalized spacial score (nSPS) is 13.6. The molecule has 0 unspecified atom stereocenters. The van der Waals surface area contributed by atoms with Crippen LogP contribution in [0.1, 0.15) is 31.4 Å². The van der Waals surface area contributed by atoms with Crippen molar-refractivity contribution in [3.8, 4) is 0 Å². The number of rotatable bonds is 8.